The van der Waals surface area contributed by atoms with E-state index in [0.717, 1.165) is 11.3 Å². The van der Waals surface area contributed by atoms with Crippen LogP contribution in [0.5, 0.6) is 0 Å². The minimum atomic E-state index is -0.902. The summed E-state index contributed by atoms with van der Waals surface area (Å²) in [6.07, 6.45) is 4.71. The van der Waals surface area contributed by atoms with Gasteiger partial charge in [0.15, 0.2) is 0 Å². The summed E-state index contributed by atoms with van der Waals surface area (Å²) in [4.78, 5) is 44.1. The zero-order chi connectivity index (χ0) is 26.8. The summed E-state index contributed by atoms with van der Waals surface area (Å²) in [5, 5.41) is 15.9. The number of amides is 1. The molecule has 5 rings (SSSR count). The first-order chi connectivity index (χ1) is 18.4. The summed E-state index contributed by atoms with van der Waals surface area (Å²) >= 11 is 0. The first-order valence-electron chi connectivity index (χ1n) is 11.9. The monoisotopic (exact) mass is 508 g/mol. The van der Waals surface area contributed by atoms with E-state index in [1.54, 1.807) is 60.4 Å². The molecule has 0 radical (unpaired) electrons. The van der Waals surface area contributed by atoms with Crippen molar-refractivity contribution in [2.24, 2.45) is 0 Å². The number of pyridine rings is 1. The van der Waals surface area contributed by atoms with Crippen LogP contribution in [-0.2, 0) is 20.9 Å². The molecule has 1 atom stereocenters. The highest BCUT2D eigenvalue weighted by molar-refractivity contribution is 6.46. The third-order valence-corrected chi connectivity index (χ3v) is 6.53. The van der Waals surface area contributed by atoms with E-state index >= 15 is 0 Å². The Hall–Kier alpha value is -5.05. The Morgan fingerprint density at radius 2 is 1.74 bits per heavy atom. The van der Waals surface area contributed by atoms with Crippen molar-refractivity contribution < 1.29 is 24.2 Å². The maximum absolute atomic E-state index is 13.4. The van der Waals surface area contributed by atoms with Crippen LogP contribution in [0.1, 0.15) is 38.8 Å². The molecular formula is C29H24N4O5. The second-order valence-electron chi connectivity index (χ2n) is 8.79. The smallest absolute Gasteiger partial charge is 0.337 e. The molecule has 190 valence electrons. The molecule has 1 saturated heterocycles. The van der Waals surface area contributed by atoms with Crippen LogP contribution in [0.25, 0.3) is 11.4 Å². The summed E-state index contributed by atoms with van der Waals surface area (Å²) < 4.78 is 6.44. The average Bonchev–Trinajstić information content (AvgIpc) is 3.46. The van der Waals surface area contributed by atoms with Crippen molar-refractivity contribution in [1.82, 2.24) is 19.7 Å². The van der Waals surface area contributed by atoms with Crippen LogP contribution in [0.3, 0.4) is 0 Å². The molecule has 3 heterocycles. The van der Waals surface area contributed by atoms with Gasteiger partial charge in [0.25, 0.3) is 11.7 Å². The van der Waals surface area contributed by atoms with Crippen LogP contribution < -0.4 is 0 Å². The van der Waals surface area contributed by atoms with E-state index in [9.17, 15) is 19.5 Å². The summed E-state index contributed by atoms with van der Waals surface area (Å²) in [5.74, 6) is -2.38. The molecule has 9 nitrogen and oxygen atoms in total. The molecule has 0 bridgehead atoms. The topological polar surface area (TPSA) is 115 Å². The number of ether oxygens (including phenoxy) is 1. The zero-order valence-electron chi connectivity index (χ0n) is 20.7. The minimum absolute atomic E-state index is 0.0552. The van der Waals surface area contributed by atoms with Crippen molar-refractivity contribution in [3.63, 3.8) is 0 Å². The quantitative estimate of drug-likeness (QED) is 0.181. The van der Waals surface area contributed by atoms with Crippen LogP contribution in [0.15, 0.2) is 90.9 Å². The van der Waals surface area contributed by atoms with Gasteiger partial charge in [-0.05, 0) is 48.4 Å². The maximum Gasteiger partial charge on any atom is 0.337 e. The molecule has 2 aromatic heterocycles. The predicted octanol–water partition coefficient (Wildman–Crippen LogP) is 3.98. The van der Waals surface area contributed by atoms with Crippen LogP contribution in [0.4, 0.5) is 0 Å². The van der Waals surface area contributed by atoms with Crippen LogP contribution >= 0.6 is 0 Å². The largest absolute Gasteiger partial charge is 0.507 e. The number of methoxy groups -OCH3 is 1. The van der Waals surface area contributed by atoms with Crippen molar-refractivity contribution in [3.05, 3.63) is 119 Å². The lowest BCUT2D eigenvalue weighted by molar-refractivity contribution is -0.140. The van der Waals surface area contributed by atoms with Gasteiger partial charge in [0.1, 0.15) is 5.76 Å². The molecule has 38 heavy (non-hydrogen) atoms. The number of carbonyl (C=O) groups is 3. The van der Waals surface area contributed by atoms with Gasteiger partial charge in [0, 0.05) is 18.9 Å². The highest BCUT2D eigenvalue weighted by Gasteiger charge is 2.46. The first kappa shape index (κ1) is 24.6. The number of rotatable bonds is 6. The van der Waals surface area contributed by atoms with E-state index in [2.05, 4.69) is 10.1 Å². The van der Waals surface area contributed by atoms with Crippen molar-refractivity contribution in [2.75, 3.05) is 7.11 Å². The van der Waals surface area contributed by atoms with E-state index in [0.29, 0.717) is 22.4 Å². The van der Waals surface area contributed by atoms with Crippen LogP contribution in [0, 0.1) is 6.92 Å². The fourth-order valence-corrected chi connectivity index (χ4v) is 4.61. The van der Waals surface area contributed by atoms with E-state index in [-0.39, 0.29) is 17.9 Å². The average molecular weight is 509 g/mol. The van der Waals surface area contributed by atoms with E-state index in [4.69, 9.17) is 4.74 Å². The van der Waals surface area contributed by atoms with Gasteiger partial charge in [-0.1, -0.05) is 36.4 Å². The van der Waals surface area contributed by atoms with Crippen LogP contribution in [-0.4, -0.2) is 49.5 Å². The number of benzene rings is 2. The summed E-state index contributed by atoms with van der Waals surface area (Å²) in [6.45, 7) is 1.88. The number of aliphatic hydroxyl groups excluding tert-OH is 1. The van der Waals surface area contributed by atoms with E-state index in [1.165, 1.54) is 18.2 Å². The van der Waals surface area contributed by atoms with Gasteiger partial charge >= 0.3 is 5.97 Å². The van der Waals surface area contributed by atoms with Gasteiger partial charge in [0.2, 0.25) is 0 Å². The first-order valence-corrected chi connectivity index (χ1v) is 11.9. The molecular weight excluding hydrogens is 484 g/mol. The standard InChI is InChI=1S/C29H24N4O5/c1-18-23(16-31-33(18)22-8-4-3-5-9-22)26(34)24-25(20-10-12-21(13-11-20)29(37)38-2)32(28(36)27(24)35)17-19-7-6-14-30-15-19/h3-16,25,34H,17H2,1-2H3. The fourth-order valence-electron chi connectivity index (χ4n) is 4.61. The molecule has 1 aliphatic rings. The normalized spacial score (nSPS) is 16.6. The number of aromatic nitrogens is 3. The van der Waals surface area contributed by atoms with Gasteiger partial charge in [-0.3, -0.25) is 14.6 Å². The number of esters is 1. The van der Waals surface area contributed by atoms with Crippen molar-refractivity contribution in [1.29, 1.82) is 0 Å². The molecule has 9 heteroatoms. The number of hydrogen-bond donors (Lipinski definition) is 1. The Labute approximate surface area is 218 Å². The highest BCUT2D eigenvalue weighted by atomic mass is 16.5. The number of carbonyl (C=O) groups excluding carboxylic acids is 3. The Morgan fingerprint density at radius 3 is 2.39 bits per heavy atom. The minimum Gasteiger partial charge on any atom is -0.507 e. The van der Waals surface area contributed by atoms with E-state index in [1.807, 2.05) is 30.3 Å². The molecule has 0 spiro atoms. The zero-order valence-corrected chi connectivity index (χ0v) is 20.7. The number of aliphatic hydroxyl groups is 1. The summed E-state index contributed by atoms with van der Waals surface area (Å²) in [5.41, 5.74) is 3.27. The third kappa shape index (κ3) is 4.34. The Morgan fingerprint density at radius 1 is 1.00 bits per heavy atom. The number of Topliss-reactive ketones (excluding diaryl/α,β-unsaturated/α-hetero) is 1. The molecule has 1 unspecified atom stereocenters. The lowest BCUT2D eigenvalue weighted by atomic mass is 9.94. The highest BCUT2D eigenvalue weighted by Crippen LogP contribution is 2.41. The molecule has 4 aromatic rings. The van der Waals surface area contributed by atoms with Crippen LogP contribution in [0.2, 0.25) is 0 Å². The number of para-hydroxylation sites is 1. The predicted molar refractivity (Wildman–Crippen MR) is 138 cm³/mol. The van der Waals surface area contributed by atoms with Gasteiger partial charge in [0.05, 0.1) is 47.4 Å². The fraction of sp³-hybridized carbons (Fsp3) is 0.138. The van der Waals surface area contributed by atoms with Gasteiger partial charge < -0.3 is 14.7 Å². The Bertz CT molecular complexity index is 1540. The van der Waals surface area contributed by atoms with Crippen molar-refractivity contribution >= 4 is 23.4 Å². The molecule has 2 aromatic carbocycles. The van der Waals surface area contributed by atoms with Crippen molar-refractivity contribution in [3.8, 4) is 5.69 Å². The number of nitrogens with zero attached hydrogens (tertiary/aromatic N) is 4. The second kappa shape index (κ2) is 10.1. The molecule has 1 amide bonds. The second-order valence-corrected chi connectivity index (χ2v) is 8.79. The van der Waals surface area contributed by atoms with Crippen molar-refractivity contribution in [2.45, 2.75) is 19.5 Å². The summed E-state index contributed by atoms with van der Waals surface area (Å²) in [6, 6.07) is 18.4. The molecule has 1 fully saturated rings. The number of likely N-dealkylation sites (tertiary alicyclic amines) is 1. The lowest BCUT2D eigenvalue weighted by Gasteiger charge is -2.25. The maximum atomic E-state index is 13.4. The van der Waals surface area contributed by atoms with Gasteiger partial charge in [-0.25, -0.2) is 9.48 Å². The Balaban J connectivity index is 1.64. The van der Waals surface area contributed by atoms with Gasteiger partial charge in [-0.2, -0.15) is 5.10 Å². The molecule has 1 N–H and O–H groups in total. The SMILES string of the molecule is COC(=O)c1ccc(C2C(=C(O)c3cnn(-c4ccccc4)c3C)C(=O)C(=O)N2Cc2cccnc2)cc1. The molecule has 0 saturated carbocycles. The number of hydrogen-bond acceptors (Lipinski definition) is 7. The molecule has 1 aliphatic heterocycles. The van der Waals surface area contributed by atoms with E-state index < -0.39 is 23.7 Å². The summed E-state index contributed by atoms with van der Waals surface area (Å²) in [7, 11) is 1.29. The third-order valence-electron chi connectivity index (χ3n) is 6.53. The number of ketones is 1. The lowest BCUT2D eigenvalue weighted by Crippen LogP contribution is -2.29. The van der Waals surface area contributed by atoms with Gasteiger partial charge in [-0.15, -0.1) is 0 Å². The Kier molecular flexibility index (Phi) is 6.57. The molecule has 0 aliphatic carbocycles.